The van der Waals surface area contributed by atoms with Crippen LogP contribution in [0, 0.1) is 5.92 Å². The van der Waals surface area contributed by atoms with Crippen LogP contribution in [0.2, 0.25) is 0 Å². The SMILES string of the molecule is CC[C@H](C)[C@H](NS(=O)(=O)c1cn(C(C)C)cn1)C(=O)O. The van der Waals surface area contributed by atoms with E-state index in [2.05, 4.69) is 9.71 Å². The van der Waals surface area contributed by atoms with Crippen LogP contribution in [0.4, 0.5) is 0 Å². The molecular formula is C12H21N3O4S. The third-order valence-electron chi connectivity index (χ3n) is 3.21. The Hall–Kier alpha value is -1.41. The molecule has 20 heavy (non-hydrogen) atoms. The van der Waals surface area contributed by atoms with Crippen molar-refractivity contribution in [1.82, 2.24) is 14.3 Å². The number of carboxylic acid groups (broad SMARTS) is 1. The van der Waals surface area contributed by atoms with Crippen molar-refractivity contribution in [1.29, 1.82) is 0 Å². The van der Waals surface area contributed by atoms with E-state index in [1.807, 2.05) is 20.8 Å². The summed E-state index contributed by atoms with van der Waals surface area (Å²) in [5.41, 5.74) is 0. The molecule has 0 aliphatic heterocycles. The number of hydrogen-bond acceptors (Lipinski definition) is 4. The van der Waals surface area contributed by atoms with Gasteiger partial charge in [-0.3, -0.25) is 4.79 Å². The van der Waals surface area contributed by atoms with Crippen LogP contribution in [-0.2, 0) is 14.8 Å². The zero-order valence-corrected chi connectivity index (χ0v) is 12.9. The van der Waals surface area contributed by atoms with Crippen LogP contribution in [0.1, 0.15) is 40.2 Å². The van der Waals surface area contributed by atoms with Gasteiger partial charge in [0.2, 0.25) is 0 Å². The van der Waals surface area contributed by atoms with Crippen LogP contribution in [0.25, 0.3) is 0 Å². The molecule has 0 fully saturated rings. The molecule has 1 heterocycles. The molecule has 8 heteroatoms. The van der Waals surface area contributed by atoms with E-state index in [9.17, 15) is 13.2 Å². The minimum absolute atomic E-state index is 0.0799. The molecule has 1 rings (SSSR count). The fourth-order valence-corrected chi connectivity index (χ4v) is 2.85. The topological polar surface area (TPSA) is 101 Å². The number of hydrogen-bond donors (Lipinski definition) is 2. The molecule has 0 unspecified atom stereocenters. The first-order valence-electron chi connectivity index (χ1n) is 6.47. The highest BCUT2D eigenvalue weighted by Gasteiger charge is 2.30. The molecule has 0 spiro atoms. The van der Waals surface area contributed by atoms with Crippen molar-refractivity contribution in [2.75, 3.05) is 0 Å². The summed E-state index contributed by atoms with van der Waals surface area (Å²) < 4.78 is 28.2. The van der Waals surface area contributed by atoms with Gasteiger partial charge >= 0.3 is 5.97 Å². The zero-order valence-electron chi connectivity index (χ0n) is 12.1. The summed E-state index contributed by atoms with van der Waals surface area (Å²) in [6.07, 6.45) is 3.36. The molecule has 0 saturated carbocycles. The summed E-state index contributed by atoms with van der Waals surface area (Å²) in [5, 5.41) is 8.96. The molecule has 0 amide bonds. The Morgan fingerprint density at radius 1 is 1.45 bits per heavy atom. The lowest BCUT2D eigenvalue weighted by Crippen LogP contribution is -2.45. The van der Waals surface area contributed by atoms with Gasteiger partial charge in [0.15, 0.2) is 5.03 Å². The lowest BCUT2D eigenvalue weighted by Gasteiger charge is -2.19. The largest absolute Gasteiger partial charge is 0.480 e. The Kier molecular flexibility index (Phi) is 5.29. The van der Waals surface area contributed by atoms with E-state index < -0.39 is 22.0 Å². The molecule has 114 valence electrons. The Bertz CT molecular complexity index is 565. The first-order chi connectivity index (χ1) is 9.19. The van der Waals surface area contributed by atoms with E-state index in [1.165, 1.54) is 12.5 Å². The molecule has 0 aromatic carbocycles. The standard InChI is InChI=1S/C12H21N3O4S/c1-5-9(4)11(12(16)17)14-20(18,19)10-6-15(7-13-10)8(2)3/h6-9,11,14H,5H2,1-4H3,(H,16,17)/t9-,11-/m0/s1. The first kappa shape index (κ1) is 16.6. The predicted molar refractivity (Wildman–Crippen MR) is 73.8 cm³/mol. The van der Waals surface area contributed by atoms with Gasteiger partial charge in [0.05, 0.1) is 6.33 Å². The lowest BCUT2D eigenvalue weighted by atomic mass is 10.0. The summed E-state index contributed by atoms with van der Waals surface area (Å²) in [5.74, 6) is -1.50. The molecule has 1 aromatic rings. The Labute approximate surface area is 119 Å². The van der Waals surface area contributed by atoms with E-state index in [1.54, 1.807) is 11.5 Å². The van der Waals surface area contributed by atoms with Crippen LogP contribution >= 0.6 is 0 Å². The van der Waals surface area contributed by atoms with Crippen molar-refractivity contribution >= 4 is 16.0 Å². The fraction of sp³-hybridized carbons (Fsp3) is 0.667. The minimum Gasteiger partial charge on any atom is -0.480 e. The number of rotatable bonds is 7. The molecule has 0 saturated heterocycles. The molecule has 0 radical (unpaired) electrons. The van der Waals surface area contributed by atoms with E-state index in [4.69, 9.17) is 5.11 Å². The fourth-order valence-electron chi connectivity index (χ4n) is 1.61. The van der Waals surface area contributed by atoms with Gasteiger partial charge in [-0.15, -0.1) is 0 Å². The second kappa shape index (κ2) is 6.36. The first-order valence-corrected chi connectivity index (χ1v) is 7.96. The van der Waals surface area contributed by atoms with Gasteiger partial charge in [-0.2, -0.15) is 4.72 Å². The van der Waals surface area contributed by atoms with Gasteiger partial charge in [0.25, 0.3) is 10.0 Å². The third kappa shape index (κ3) is 3.80. The maximum absolute atomic E-state index is 12.2. The maximum Gasteiger partial charge on any atom is 0.322 e. The number of nitrogens with zero attached hydrogens (tertiary/aromatic N) is 2. The molecule has 7 nitrogen and oxygen atoms in total. The maximum atomic E-state index is 12.2. The van der Waals surface area contributed by atoms with Crippen molar-refractivity contribution in [3.63, 3.8) is 0 Å². The number of nitrogens with one attached hydrogen (secondary N) is 1. The summed E-state index contributed by atoms with van der Waals surface area (Å²) in [7, 11) is -3.94. The van der Waals surface area contributed by atoms with Crippen molar-refractivity contribution in [2.45, 2.75) is 51.2 Å². The third-order valence-corrected chi connectivity index (χ3v) is 4.54. The molecule has 0 aliphatic carbocycles. The Morgan fingerprint density at radius 3 is 2.45 bits per heavy atom. The van der Waals surface area contributed by atoms with Gasteiger partial charge in [-0.05, 0) is 19.8 Å². The van der Waals surface area contributed by atoms with Gasteiger partial charge < -0.3 is 9.67 Å². The second-order valence-electron chi connectivity index (χ2n) is 5.08. The Morgan fingerprint density at radius 2 is 2.05 bits per heavy atom. The second-order valence-corrected chi connectivity index (χ2v) is 6.74. The molecule has 0 bridgehead atoms. The minimum atomic E-state index is -3.94. The summed E-state index contributed by atoms with van der Waals surface area (Å²) in [6.45, 7) is 7.28. The summed E-state index contributed by atoms with van der Waals surface area (Å²) in [4.78, 5) is 15.0. The summed E-state index contributed by atoms with van der Waals surface area (Å²) in [6, 6.07) is -1.08. The van der Waals surface area contributed by atoms with Gasteiger partial charge in [0, 0.05) is 12.2 Å². The molecule has 2 N–H and O–H groups in total. The van der Waals surface area contributed by atoms with Crippen LogP contribution in [0.15, 0.2) is 17.6 Å². The summed E-state index contributed by atoms with van der Waals surface area (Å²) >= 11 is 0. The van der Waals surface area contributed by atoms with Crippen LogP contribution in [0.3, 0.4) is 0 Å². The van der Waals surface area contributed by atoms with Crippen molar-refractivity contribution in [3.05, 3.63) is 12.5 Å². The number of carboxylic acids is 1. The van der Waals surface area contributed by atoms with Crippen LogP contribution in [-0.4, -0.2) is 35.1 Å². The smallest absolute Gasteiger partial charge is 0.322 e. The normalized spacial score (nSPS) is 15.2. The number of sulfonamides is 1. The van der Waals surface area contributed by atoms with Gasteiger partial charge in [0.1, 0.15) is 6.04 Å². The number of aliphatic carboxylic acids is 1. The van der Waals surface area contributed by atoms with E-state index >= 15 is 0 Å². The average molecular weight is 303 g/mol. The highest BCUT2D eigenvalue weighted by molar-refractivity contribution is 7.89. The van der Waals surface area contributed by atoms with Gasteiger partial charge in [-0.1, -0.05) is 20.3 Å². The van der Waals surface area contributed by atoms with Crippen molar-refractivity contribution < 1.29 is 18.3 Å². The lowest BCUT2D eigenvalue weighted by molar-refractivity contribution is -0.140. The highest BCUT2D eigenvalue weighted by atomic mass is 32.2. The zero-order chi connectivity index (χ0) is 15.5. The van der Waals surface area contributed by atoms with E-state index in [0.29, 0.717) is 6.42 Å². The van der Waals surface area contributed by atoms with Crippen molar-refractivity contribution in [3.8, 4) is 0 Å². The Balaban J connectivity index is 3.00. The average Bonchev–Trinajstić information content (AvgIpc) is 2.85. The van der Waals surface area contributed by atoms with Crippen LogP contribution < -0.4 is 4.72 Å². The van der Waals surface area contributed by atoms with E-state index in [-0.39, 0.29) is 17.0 Å². The molecule has 1 aromatic heterocycles. The molecular weight excluding hydrogens is 282 g/mol. The quantitative estimate of drug-likeness (QED) is 0.789. The predicted octanol–water partition coefficient (Wildman–Crippen LogP) is 1.24. The number of aromatic nitrogens is 2. The van der Waals surface area contributed by atoms with Crippen LogP contribution in [0.5, 0.6) is 0 Å². The van der Waals surface area contributed by atoms with Crippen molar-refractivity contribution in [2.24, 2.45) is 5.92 Å². The monoisotopic (exact) mass is 303 g/mol. The molecule has 2 atom stereocenters. The number of carbonyl (C=O) groups is 1. The van der Waals surface area contributed by atoms with E-state index in [0.717, 1.165) is 0 Å². The van der Waals surface area contributed by atoms with Gasteiger partial charge in [-0.25, -0.2) is 13.4 Å². The highest BCUT2D eigenvalue weighted by Crippen LogP contribution is 2.14. The number of imidazole rings is 1. The molecule has 0 aliphatic rings.